The van der Waals surface area contributed by atoms with Gasteiger partial charge in [0.05, 0.1) is 6.07 Å². The Balaban J connectivity index is 1.61. The fourth-order valence-electron chi connectivity index (χ4n) is 3.31. The zero-order valence-corrected chi connectivity index (χ0v) is 12.2. The second-order valence-electron chi connectivity index (χ2n) is 6.04. The van der Waals surface area contributed by atoms with Gasteiger partial charge in [-0.05, 0) is 24.8 Å². The van der Waals surface area contributed by atoms with Crippen molar-refractivity contribution in [2.75, 3.05) is 31.1 Å². The van der Waals surface area contributed by atoms with Gasteiger partial charge >= 0.3 is 0 Å². The molecule has 0 N–H and O–H groups in total. The maximum Gasteiger partial charge on any atom is 0.243 e. The summed E-state index contributed by atoms with van der Waals surface area (Å²) in [6, 6.07) is 4.05. The predicted molar refractivity (Wildman–Crippen MR) is 77.3 cm³/mol. The van der Waals surface area contributed by atoms with Crippen molar-refractivity contribution in [3.8, 4) is 6.07 Å². The highest BCUT2D eigenvalue weighted by Crippen LogP contribution is 2.46. The molecule has 0 unspecified atom stereocenters. The molecule has 0 atom stereocenters. The number of carbonyl (C=O) groups excluding carboxylic acids is 1. The smallest absolute Gasteiger partial charge is 0.243 e. The van der Waals surface area contributed by atoms with Gasteiger partial charge in [-0.25, -0.2) is 9.97 Å². The number of nitriles is 1. The minimum atomic E-state index is -0.759. The van der Waals surface area contributed by atoms with E-state index in [0.29, 0.717) is 50.9 Å². The van der Waals surface area contributed by atoms with E-state index in [1.807, 2.05) is 4.90 Å². The van der Waals surface area contributed by atoms with E-state index in [4.69, 9.17) is 0 Å². The largest absolute Gasteiger partial charge is 0.338 e. The van der Waals surface area contributed by atoms with E-state index in [9.17, 15) is 10.1 Å². The summed E-state index contributed by atoms with van der Waals surface area (Å²) in [7, 11) is 0. The lowest BCUT2D eigenvalue weighted by Gasteiger charge is -2.44. The van der Waals surface area contributed by atoms with E-state index < -0.39 is 5.41 Å². The SMILES string of the molecule is CC1CC(C#N)(C(=O)N2CCN(c3ncccn3)CC2)C1. The summed E-state index contributed by atoms with van der Waals surface area (Å²) in [5.74, 6) is 1.20. The third-order valence-corrected chi connectivity index (χ3v) is 4.42. The zero-order chi connectivity index (χ0) is 14.9. The summed E-state index contributed by atoms with van der Waals surface area (Å²) in [6.07, 6.45) is 4.84. The molecule has 1 saturated heterocycles. The van der Waals surface area contributed by atoms with Crippen LogP contribution in [0, 0.1) is 22.7 Å². The number of rotatable bonds is 2. The van der Waals surface area contributed by atoms with Crippen LogP contribution in [-0.4, -0.2) is 47.0 Å². The number of nitrogens with zero attached hydrogens (tertiary/aromatic N) is 5. The van der Waals surface area contributed by atoms with Gasteiger partial charge in [0.15, 0.2) is 0 Å². The molecule has 0 bridgehead atoms. The molecule has 0 spiro atoms. The molecule has 2 heterocycles. The summed E-state index contributed by atoms with van der Waals surface area (Å²) in [5, 5.41) is 9.36. The Hall–Kier alpha value is -2.16. The van der Waals surface area contributed by atoms with Gasteiger partial charge < -0.3 is 9.80 Å². The van der Waals surface area contributed by atoms with Crippen LogP contribution in [0.1, 0.15) is 19.8 Å². The summed E-state index contributed by atoms with van der Waals surface area (Å²) in [6.45, 7) is 4.79. The average Bonchev–Trinajstić information content (AvgIpc) is 2.52. The molecule has 0 radical (unpaired) electrons. The summed E-state index contributed by atoms with van der Waals surface area (Å²) < 4.78 is 0. The molecule has 0 aromatic carbocycles. The first-order valence-corrected chi connectivity index (χ1v) is 7.37. The van der Waals surface area contributed by atoms with E-state index in [2.05, 4.69) is 27.9 Å². The molecule has 6 nitrogen and oxygen atoms in total. The number of anilines is 1. The number of hydrogen-bond acceptors (Lipinski definition) is 5. The van der Waals surface area contributed by atoms with Gasteiger partial charge in [-0.2, -0.15) is 5.26 Å². The second-order valence-corrected chi connectivity index (χ2v) is 6.04. The number of hydrogen-bond donors (Lipinski definition) is 0. The standard InChI is InChI=1S/C15H19N5O/c1-12-9-15(10-12,11-16)13(21)19-5-7-20(8-6-19)14-17-3-2-4-18-14/h2-4,12H,5-10H2,1H3. The van der Waals surface area contributed by atoms with E-state index in [0.717, 1.165) is 0 Å². The molecule has 2 fully saturated rings. The number of carbonyl (C=O) groups is 1. The third kappa shape index (κ3) is 2.44. The number of aromatic nitrogens is 2. The molecular weight excluding hydrogens is 266 g/mol. The Morgan fingerprint density at radius 2 is 1.90 bits per heavy atom. The molecule has 1 aromatic heterocycles. The highest BCUT2D eigenvalue weighted by molar-refractivity contribution is 5.86. The van der Waals surface area contributed by atoms with E-state index in [1.54, 1.807) is 18.5 Å². The summed E-state index contributed by atoms with van der Waals surface area (Å²) in [5.41, 5.74) is -0.759. The first-order chi connectivity index (χ1) is 10.1. The van der Waals surface area contributed by atoms with Gasteiger partial charge in [-0.1, -0.05) is 6.92 Å². The van der Waals surface area contributed by atoms with Crippen molar-refractivity contribution < 1.29 is 4.79 Å². The Labute approximate surface area is 124 Å². The predicted octanol–water partition coefficient (Wildman–Crippen LogP) is 1.07. The van der Waals surface area contributed by atoms with Gasteiger partial charge in [0.1, 0.15) is 5.41 Å². The maximum atomic E-state index is 12.6. The van der Waals surface area contributed by atoms with Gasteiger partial charge in [-0.3, -0.25) is 4.79 Å². The third-order valence-electron chi connectivity index (χ3n) is 4.42. The lowest BCUT2D eigenvalue weighted by molar-refractivity contribution is -0.145. The fraction of sp³-hybridized carbons (Fsp3) is 0.600. The molecule has 1 aliphatic carbocycles. The van der Waals surface area contributed by atoms with Crippen LogP contribution < -0.4 is 4.90 Å². The van der Waals surface area contributed by atoms with E-state index in [-0.39, 0.29) is 5.91 Å². The lowest BCUT2D eigenvalue weighted by atomic mass is 9.62. The van der Waals surface area contributed by atoms with Crippen molar-refractivity contribution in [1.29, 1.82) is 5.26 Å². The summed E-state index contributed by atoms with van der Waals surface area (Å²) >= 11 is 0. The van der Waals surface area contributed by atoms with Crippen LogP contribution in [0.15, 0.2) is 18.5 Å². The molecule has 3 rings (SSSR count). The molecule has 21 heavy (non-hydrogen) atoms. The van der Waals surface area contributed by atoms with Gasteiger partial charge in [0, 0.05) is 38.6 Å². The molecule has 1 saturated carbocycles. The zero-order valence-electron chi connectivity index (χ0n) is 12.2. The minimum Gasteiger partial charge on any atom is -0.338 e. The highest BCUT2D eigenvalue weighted by Gasteiger charge is 2.50. The minimum absolute atomic E-state index is 0.0109. The van der Waals surface area contributed by atoms with Crippen molar-refractivity contribution in [3.63, 3.8) is 0 Å². The fourth-order valence-corrected chi connectivity index (χ4v) is 3.31. The monoisotopic (exact) mass is 285 g/mol. The Bertz CT molecular complexity index is 553. The van der Waals surface area contributed by atoms with Crippen LogP contribution in [0.4, 0.5) is 5.95 Å². The quantitative estimate of drug-likeness (QED) is 0.812. The van der Waals surface area contributed by atoms with Gasteiger partial charge in [0.2, 0.25) is 11.9 Å². The molecule has 6 heteroatoms. The summed E-state index contributed by atoms with van der Waals surface area (Å²) in [4.78, 5) is 24.9. The normalized spacial score (nSPS) is 28.7. The molecule has 1 aliphatic heterocycles. The maximum absolute atomic E-state index is 12.6. The van der Waals surface area contributed by atoms with Crippen molar-refractivity contribution in [3.05, 3.63) is 18.5 Å². The van der Waals surface area contributed by atoms with E-state index in [1.165, 1.54) is 0 Å². The van der Waals surface area contributed by atoms with Crippen LogP contribution in [0.5, 0.6) is 0 Å². The van der Waals surface area contributed by atoms with Crippen molar-refractivity contribution in [2.45, 2.75) is 19.8 Å². The first kappa shape index (κ1) is 13.8. The van der Waals surface area contributed by atoms with Crippen LogP contribution in [0.25, 0.3) is 0 Å². The Morgan fingerprint density at radius 1 is 1.29 bits per heavy atom. The van der Waals surface area contributed by atoms with E-state index >= 15 is 0 Å². The molecule has 2 aliphatic rings. The van der Waals surface area contributed by atoms with Crippen LogP contribution in [0.3, 0.4) is 0 Å². The molecular formula is C15H19N5O. The molecule has 1 aromatic rings. The second kappa shape index (κ2) is 5.32. The average molecular weight is 285 g/mol. The van der Waals surface area contributed by atoms with Crippen molar-refractivity contribution in [2.24, 2.45) is 11.3 Å². The Morgan fingerprint density at radius 3 is 2.43 bits per heavy atom. The van der Waals surface area contributed by atoms with Crippen LogP contribution in [-0.2, 0) is 4.79 Å². The van der Waals surface area contributed by atoms with Crippen LogP contribution >= 0.6 is 0 Å². The molecule has 1 amide bonds. The Kier molecular flexibility index (Phi) is 3.50. The molecule has 110 valence electrons. The number of amides is 1. The lowest BCUT2D eigenvalue weighted by Crippen LogP contribution is -2.56. The van der Waals surface area contributed by atoms with Crippen molar-refractivity contribution >= 4 is 11.9 Å². The van der Waals surface area contributed by atoms with Gasteiger partial charge in [-0.15, -0.1) is 0 Å². The highest BCUT2D eigenvalue weighted by atomic mass is 16.2. The van der Waals surface area contributed by atoms with Gasteiger partial charge in [0.25, 0.3) is 0 Å². The van der Waals surface area contributed by atoms with Crippen LogP contribution in [0.2, 0.25) is 0 Å². The first-order valence-electron chi connectivity index (χ1n) is 7.37. The number of piperazine rings is 1. The topological polar surface area (TPSA) is 73.1 Å². The van der Waals surface area contributed by atoms with Crippen molar-refractivity contribution in [1.82, 2.24) is 14.9 Å².